The standard InChI is InChI=1S/C13H15Cl2N5/c1-2-3-8-16-12-18-11(15)19-13(20-12)17-10-6-4-9(14)5-7-10/h4-7H,2-3,8H2,1H3,(H2,16,17,18,19,20). The highest BCUT2D eigenvalue weighted by atomic mass is 35.5. The summed E-state index contributed by atoms with van der Waals surface area (Å²) in [4.78, 5) is 12.3. The van der Waals surface area contributed by atoms with E-state index in [2.05, 4.69) is 32.5 Å². The van der Waals surface area contributed by atoms with E-state index in [1.807, 2.05) is 12.1 Å². The van der Waals surface area contributed by atoms with E-state index in [1.54, 1.807) is 12.1 Å². The van der Waals surface area contributed by atoms with E-state index in [0.717, 1.165) is 25.1 Å². The van der Waals surface area contributed by atoms with E-state index in [-0.39, 0.29) is 5.28 Å². The number of hydrogen-bond acceptors (Lipinski definition) is 5. The summed E-state index contributed by atoms with van der Waals surface area (Å²) in [7, 11) is 0. The zero-order valence-corrected chi connectivity index (χ0v) is 12.5. The zero-order chi connectivity index (χ0) is 14.4. The molecular formula is C13H15Cl2N5. The fourth-order valence-corrected chi connectivity index (χ4v) is 1.81. The van der Waals surface area contributed by atoms with E-state index in [1.165, 1.54) is 0 Å². The minimum atomic E-state index is 0.149. The number of nitrogens with one attached hydrogen (secondary N) is 2. The number of benzene rings is 1. The molecule has 2 aromatic rings. The lowest BCUT2D eigenvalue weighted by atomic mass is 10.3. The van der Waals surface area contributed by atoms with Gasteiger partial charge in [0.2, 0.25) is 17.2 Å². The largest absolute Gasteiger partial charge is 0.354 e. The first kappa shape index (κ1) is 14.8. The van der Waals surface area contributed by atoms with E-state index in [4.69, 9.17) is 23.2 Å². The Morgan fingerprint density at radius 2 is 1.70 bits per heavy atom. The smallest absolute Gasteiger partial charge is 0.233 e. The lowest BCUT2D eigenvalue weighted by molar-refractivity contribution is 0.824. The van der Waals surface area contributed by atoms with Gasteiger partial charge in [-0.15, -0.1) is 0 Å². The Morgan fingerprint density at radius 3 is 2.40 bits per heavy atom. The molecular weight excluding hydrogens is 297 g/mol. The maximum absolute atomic E-state index is 5.89. The van der Waals surface area contributed by atoms with Gasteiger partial charge in [-0.2, -0.15) is 15.0 Å². The van der Waals surface area contributed by atoms with Crippen molar-refractivity contribution in [3.05, 3.63) is 34.6 Å². The monoisotopic (exact) mass is 311 g/mol. The van der Waals surface area contributed by atoms with Crippen molar-refractivity contribution in [2.24, 2.45) is 0 Å². The molecule has 0 fully saturated rings. The molecule has 0 bridgehead atoms. The van der Waals surface area contributed by atoms with Crippen LogP contribution in [0.5, 0.6) is 0 Å². The van der Waals surface area contributed by atoms with Crippen molar-refractivity contribution < 1.29 is 0 Å². The molecule has 0 spiro atoms. The van der Waals surface area contributed by atoms with Gasteiger partial charge in [-0.1, -0.05) is 24.9 Å². The minimum Gasteiger partial charge on any atom is -0.354 e. The molecule has 2 N–H and O–H groups in total. The lowest BCUT2D eigenvalue weighted by Gasteiger charge is -2.08. The molecule has 1 aromatic heterocycles. The van der Waals surface area contributed by atoms with E-state index >= 15 is 0 Å². The van der Waals surface area contributed by atoms with Crippen LogP contribution in [0.3, 0.4) is 0 Å². The lowest BCUT2D eigenvalue weighted by Crippen LogP contribution is -2.08. The molecule has 0 aliphatic rings. The summed E-state index contributed by atoms with van der Waals surface area (Å²) >= 11 is 11.7. The first-order chi connectivity index (χ1) is 9.67. The maximum atomic E-state index is 5.89. The molecule has 0 aliphatic carbocycles. The van der Waals surface area contributed by atoms with Gasteiger partial charge in [0.1, 0.15) is 0 Å². The van der Waals surface area contributed by atoms with Crippen LogP contribution in [-0.2, 0) is 0 Å². The van der Waals surface area contributed by atoms with E-state index in [0.29, 0.717) is 16.9 Å². The van der Waals surface area contributed by atoms with Crippen molar-refractivity contribution in [3.63, 3.8) is 0 Å². The Balaban J connectivity index is 2.09. The van der Waals surface area contributed by atoms with Crippen LogP contribution >= 0.6 is 23.2 Å². The molecule has 0 saturated carbocycles. The van der Waals surface area contributed by atoms with Crippen molar-refractivity contribution in [1.82, 2.24) is 15.0 Å². The first-order valence-corrected chi connectivity index (χ1v) is 7.11. The van der Waals surface area contributed by atoms with Crippen LogP contribution in [-0.4, -0.2) is 21.5 Å². The van der Waals surface area contributed by atoms with E-state index in [9.17, 15) is 0 Å². The molecule has 0 atom stereocenters. The fourth-order valence-electron chi connectivity index (χ4n) is 1.52. The highest BCUT2D eigenvalue weighted by Gasteiger charge is 2.05. The van der Waals surface area contributed by atoms with Crippen LogP contribution in [0.4, 0.5) is 17.6 Å². The first-order valence-electron chi connectivity index (χ1n) is 6.35. The third-order valence-corrected chi connectivity index (χ3v) is 2.94. The van der Waals surface area contributed by atoms with Crippen LogP contribution in [0.25, 0.3) is 0 Å². The van der Waals surface area contributed by atoms with Gasteiger partial charge < -0.3 is 10.6 Å². The summed E-state index contributed by atoms with van der Waals surface area (Å²) in [6, 6.07) is 7.24. The number of aromatic nitrogens is 3. The SMILES string of the molecule is CCCCNc1nc(Cl)nc(Nc2ccc(Cl)cc2)n1. The number of nitrogens with zero attached hydrogens (tertiary/aromatic N) is 3. The Labute approximate surface area is 127 Å². The number of unbranched alkanes of at least 4 members (excludes halogenated alkanes) is 1. The summed E-state index contributed by atoms with van der Waals surface area (Å²) in [5.41, 5.74) is 0.830. The summed E-state index contributed by atoms with van der Waals surface area (Å²) < 4.78 is 0. The molecule has 7 heteroatoms. The van der Waals surface area contributed by atoms with Gasteiger partial charge in [-0.25, -0.2) is 0 Å². The molecule has 20 heavy (non-hydrogen) atoms. The Kier molecular flexibility index (Phi) is 5.38. The van der Waals surface area contributed by atoms with Crippen LogP contribution in [0.1, 0.15) is 19.8 Å². The zero-order valence-electron chi connectivity index (χ0n) is 11.0. The summed E-state index contributed by atoms with van der Waals surface area (Å²) in [5, 5.41) is 6.99. The quantitative estimate of drug-likeness (QED) is 0.785. The Bertz CT molecular complexity index is 559. The second-order valence-electron chi connectivity index (χ2n) is 4.16. The second-order valence-corrected chi connectivity index (χ2v) is 4.94. The third-order valence-electron chi connectivity index (χ3n) is 2.52. The van der Waals surface area contributed by atoms with Crippen molar-refractivity contribution in [2.75, 3.05) is 17.2 Å². The minimum absolute atomic E-state index is 0.149. The normalized spacial score (nSPS) is 10.3. The molecule has 5 nitrogen and oxygen atoms in total. The van der Waals surface area contributed by atoms with Gasteiger partial charge in [0, 0.05) is 17.3 Å². The molecule has 0 amide bonds. The molecule has 106 valence electrons. The highest BCUT2D eigenvalue weighted by molar-refractivity contribution is 6.30. The van der Waals surface area contributed by atoms with Crippen molar-refractivity contribution in [3.8, 4) is 0 Å². The van der Waals surface area contributed by atoms with Crippen LogP contribution < -0.4 is 10.6 Å². The topological polar surface area (TPSA) is 62.7 Å². The van der Waals surface area contributed by atoms with Gasteiger partial charge in [0.05, 0.1) is 0 Å². The Morgan fingerprint density at radius 1 is 1.00 bits per heavy atom. The molecule has 2 rings (SSSR count). The predicted octanol–water partition coefficient (Wildman–Crippen LogP) is 4.13. The van der Waals surface area contributed by atoms with Crippen molar-refractivity contribution in [2.45, 2.75) is 19.8 Å². The maximum Gasteiger partial charge on any atom is 0.233 e. The second kappa shape index (κ2) is 7.26. The van der Waals surface area contributed by atoms with E-state index < -0.39 is 0 Å². The average Bonchev–Trinajstić information content (AvgIpc) is 2.41. The number of anilines is 3. The van der Waals surface area contributed by atoms with Crippen LogP contribution in [0.15, 0.2) is 24.3 Å². The molecule has 0 radical (unpaired) electrons. The molecule has 0 aliphatic heterocycles. The molecule has 0 unspecified atom stereocenters. The Hall–Kier alpha value is -1.59. The number of halogens is 2. The predicted molar refractivity (Wildman–Crippen MR) is 83.0 cm³/mol. The van der Waals surface area contributed by atoms with Crippen LogP contribution in [0, 0.1) is 0 Å². The number of hydrogen-bond donors (Lipinski definition) is 2. The van der Waals surface area contributed by atoms with Gasteiger partial charge in [0.25, 0.3) is 0 Å². The number of rotatable bonds is 6. The van der Waals surface area contributed by atoms with Gasteiger partial charge in [0.15, 0.2) is 0 Å². The van der Waals surface area contributed by atoms with Crippen molar-refractivity contribution in [1.29, 1.82) is 0 Å². The van der Waals surface area contributed by atoms with Gasteiger partial charge in [-0.3, -0.25) is 0 Å². The fraction of sp³-hybridized carbons (Fsp3) is 0.308. The van der Waals surface area contributed by atoms with Crippen molar-refractivity contribution >= 4 is 40.8 Å². The average molecular weight is 312 g/mol. The van der Waals surface area contributed by atoms with Crippen LogP contribution in [0.2, 0.25) is 10.3 Å². The third kappa shape index (κ3) is 4.51. The molecule has 1 aromatic carbocycles. The highest BCUT2D eigenvalue weighted by Crippen LogP contribution is 2.18. The summed E-state index contributed by atoms with van der Waals surface area (Å²) in [6.07, 6.45) is 2.14. The van der Waals surface area contributed by atoms with Gasteiger partial charge >= 0.3 is 0 Å². The summed E-state index contributed by atoms with van der Waals surface area (Å²) in [6.45, 7) is 2.92. The van der Waals surface area contributed by atoms with Gasteiger partial charge in [-0.05, 0) is 42.3 Å². The molecule has 1 heterocycles. The molecule has 0 saturated heterocycles. The summed E-state index contributed by atoms with van der Waals surface area (Å²) in [5.74, 6) is 0.862.